The number of rotatable bonds is 13. The van der Waals surface area contributed by atoms with Crippen molar-refractivity contribution in [2.24, 2.45) is 0 Å². The Morgan fingerprint density at radius 2 is 1.51 bits per heavy atom. The molecule has 0 spiro atoms. The molecule has 236 valence electrons. The zero-order chi connectivity index (χ0) is 32.6. The van der Waals surface area contributed by atoms with Gasteiger partial charge in [-0.15, -0.1) is 0 Å². The summed E-state index contributed by atoms with van der Waals surface area (Å²) in [4.78, 5) is 29.7. The summed E-state index contributed by atoms with van der Waals surface area (Å²) in [5.74, 6) is -1.41. The molecule has 0 aliphatic carbocycles. The third kappa shape index (κ3) is 8.71. The number of carbonyl (C=O) groups is 2. The summed E-state index contributed by atoms with van der Waals surface area (Å²) in [5, 5.41) is 3.42. The largest absolute Gasteiger partial charge is 0.352 e. The maximum absolute atomic E-state index is 14.5. The van der Waals surface area contributed by atoms with Crippen LogP contribution in [0.5, 0.6) is 0 Å². The first-order valence-corrected chi connectivity index (χ1v) is 16.5. The van der Waals surface area contributed by atoms with E-state index in [2.05, 4.69) is 5.32 Å². The Bertz CT molecular complexity index is 1700. The number of sulfonamides is 1. The van der Waals surface area contributed by atoms with Crippen molar-refractivity contribution in [2.45, 2.75) is 57.1 Å². The summed E-state index contributed by atoms with van der Waals surface area (Å²) in [5.41, 5.74) is 2.23. The van der Waals surface area contributed by atoms with Gasteiger partial charge in [-0.1, -0.05) is 79.2 Å². The van der Waals surface area contributed by atoms with Crippen molar-refractivity contribution in [1.82, 2.24) is 10.2 Å². The molecular weight excluding hydrogens is 613 g/mol. The Morgan fingerprint density at radius 1 is 0.889 bits per heavy atom. The van der Waals surface area contributed by atoms with Crippen LogP contribution in [0.1, 0.15) is 37.0 Å². The quantitative estimate of drug-likeness (QED) is 0.178. The molecule has 45 heavy (non-hydrogen) atoms. The van der Waals surface area contributed by atoms with Gasteiger partial charge in [0.05, 0.1) is 10.6 Å². The van der Waals surface area contributed by atoms with Gasteiger partial charge in [-0.2, -0.15) is 0 Å². The van der Waals surface area contributed by atoms with Crippen molar-refractivity contribution in [3.8, 4) is 0 Å². The van der Waals surface area contributed by atoms with Crippen LogP contribution in [0.3, 0.4) is 0 Å². The van der Waals surface area contributed by atoms with Crippen LogP contribution in [0, 0.1) is 12.7 Å². The van der Waals surface area contributed by atoms with Crippen LogP contribution in [0.15, 0.2) is 108 Å². The van der Waals surface area contributed by atoms with E-state index < -0.39 is 34.3 Å². The molecule has 0 aliphatic heterocycles. The molecular formula is C35H37ClFN3O4S. The Labute approximate surface area is 269 Å². The third-order valence-electron chi connectivity index (χ3n) is 7.58. The summed E-state index contributed by atoms with van der Waals surface area (Å²) in [6.45, 7) is 4.89. The zero-order valence-corrected chi connectivity index (χ0v) is 27.1. The first kappa shape index (κ1) is 33.7. The summed E-state index contributed by atoms with van der Waals surface area (Å²) in [6.07, 6.45) is 0.857. The number of benzene rings is 4. The standard InChI is InChI=1S/C35H37ClFN3O4S/c1-4-26(3)38-35(42)33(22-27-11-7-5-8-12-27)39(23-28-15-18-30(37)19-16-28)34(41)24-40(32-20-17-29(36)21-25(32)2)45(43,44)31-13-9-6-10-14-31/h5-21,26,33H,4,22-24H2,1-3H3,(H,38,42). The summed E-state index contributed by atoms with van der Waals surface area (Å²) in [7, 11) is -4.23. The van der Waals surface area contributed by atoms with Crippen molar-refractivity contribution in [1.29, 1.82) is 0 Å². The van der Waals surface area contributed by atoms with E-state index in [4.69, 9.17) is 11.6 Å². The lowest BCUT2D eigenvalue weighted by atomic mass is 10.0. The molecule has 2 amide bonds. The lowest BCUT2D eigenvalue weighted by Crippen LogP contribution is -2.54. The molecule has 0 saturated heterocycles. The van der Waals surface area contributed by atoms with Gasteiger partial charge in [0.15, 0.2) is 0 Å². The zero-order valence-electron chi connectivity index (χ0n) is 25.5. The summed E-state index contributed by atoms with van der Waals surface area (Å²) in [6, 6.07) is 26.4. The number of carbonyl (C=O) groups excluding carboxylic acids is 2. The molecule has 10 heteroatoms. The highest BCUT2D eigenvalue weighted by atomic mass is 35.5. The van der Waals surface area contributed by atoms with Gasteiger partial charge in [0.1, 0.15) is 18.4 Å². The second-order valence-corrected chi connectivity index (χ2v) is 13.2. The smallest absolute Gasteiger partial charge is 0.264 e. The van der Waals surface area contributed by atoms with Crippen molar-refractivity contribution in [3.05, 3.63) is 131 Å². The van der Waals surface area contributed by atoms with Crippen LogP contribution >= 0.6 is 11.6 Å². The van der Waals surface area contributed by atoms with Crippen LogP contribution in [0.2, 0.25) is 5.02 Å². The number of hydrogen-bond donors (Lipinski definition) is 1. The minimum Gasteiger partial charge on any atom is -0.352 e. The van der Waals surface area contributed by atoms with Crippen LogP contribution < -0.4 is 9.62 Å². The van der Waals surface area contributed by atoms with Crippen molar-refractivity contribution >= 4 is 39.1 Å². The normalized spacial score (nSPS) is 12.6. The van der Waals surface area contributed by atoms with E-state index in [-0.39, 0.29) is 35.5 Å². The molecule has 2 atom stereocenters. The number of amides is 2. The molecule has 0 saturated carbocycles. The Kier molecular flexibility index (Phi) is 11.4. The van der Waals surface area contributed by atoms with Crippen LogP contribution in [-0.4, -0.2) is 43.8 Å². The highest BCUT2D eigenvalue weighted by Crippen LogP contribution is 2.29. The number of nitrogens with zero attached hydrogens (tertiary/aromatic N) is 2. The van der Waals surface area contributed by atoms with Gasteiger partial charge >= 0.3 is 0 Å². The molecule has 0 bridgehead atoms. The first-order valence-electron chi connectivity index (χ1n) is 14.7. The fraction of sp³-hybridized carbons (Fsp3) is 0.257. The number of anilines is 1. The van der Waals surface area contributed by atoms with E-state index in [1.807, 2.05) is 44.2 Å². The summed E-state index contributed by atoms with van der Waals surface area (Å²) < 4.78 is 43.1. The monoisotopic (exact) mass is 649 g/mol. The third-order valence-corrected chi connectivity index (χ3v) is 9.58. The van der Waals surface area contributed by atoms with Crippen LogP contribution in [-0.2, 0) is 32.6 Å². The minimum atomic E-state index is -4.23. The van der Waals surface area contributed by atoms with Crippen molar-refractivity contribution in [3.63, 3.8) is 0 Å². The molecule has 0 heterocycles. The van der Waals surface area contributed by atoms with Crippen molar-refractivity contribution < 1.29 is 22.4 Å². The molecule has 2 unspecified atom stereocenters. The number of aryl methyl sites for hydroxylation is 1. The molecule has 4 rings (SSSR count). The van der Waals surface area contributed by atoms with Gasteiger partial charge in [0.2, 0.25) is 11.8 Å². The molecule has 0 aromatic heterocycles. The van der Waals surface area contributed by atoms with E-state index in [1.165, 1.54) is 29.2 Å². The van der Waals surface area contributed by atoms with E-state index in [9.17, 15) is 22.4 Å². The second-order valence-electron chi connectivity index (χ2n) is 10.9. The molecule has 0 fully saturated rings. The van der Waals surface area contributed by atoms with E-state index >= 15 is 0 Å². The second kappa shape index (κ2) is 15.2. The maximum atomic E-state index is 14.5. The highest BCUT2D eigenvalue weighted by molar-refractivity contribution is 7.92. The van der Waals surface area contributed by atoms with E-state index in [1.54, 1.807) is 55.5 Å². The predicted molar refractivity (Wildman–Crippen MR) is 176 cm³/mol. The van der Waals surface area contributed by atoms with Crippen LogP contribution in [0.4, 0.5) is 10.1 Å². The molecule has 0 radical (unpaired) electrons. The Hall–Kier alpha value is -4.21. The Balaban J connectivity index is 1.82. The average Bonchev–Trinajstić information content (AvgIpc) is 3.03. The van der Waals surface area contributed by atoms with E-state index in [0.717, 1.165) is 9.87 Å². The van der Waals surface area contributed by atoms with Gasteiger partial charge < -0.3 is 10.2 Å². The van der Waals surface area contributed by atoms with Crippen molar-refractivity contribution in [2.75, 3.05) is 10.8 Å². The number of hydrogen-bond acceptors (Lipinski definition) is 4. The van der Waals surface area contributed by atoms with Gasteiger partial charge in [-0.3, -0.25) is 13.9 Å². The lowest BCUT2D eigenvalue weighted by Gasteiger charge is -2.34. The topological polar surface area (TPSA) is 86.8 Å². The first-order chi connectivity index (χ1) is 21.5. The van der Waals surface area contributed by atoms with Gasteiger partial charge in [0.25, 0.3) is 10.0 Å². The SMILES string of the molecule is CCC(C)NC(=O)C(Cc1ccccc1)N(Cc1ccc(F)cc1)C(=O)CN(c1ccc(Cl)cc1C)S(=O)(=O)c1ccccc1. The number of nitrogens with one attached hydrogen (secondary N) is 1. The lowest BCUT2D eigenvalue weighted by molar-refractivity contribution is -0.140. The molecule has 7 nitrogen and oxygen atoms in total. The van der Waals surface area contributed by atoms with E-state index in [0.29, 0.717) is 22.6 Å². The fourth-order valence-electron chi connectivity index (χ4n) is 4.91. The highest BCUT2D eigenvalue weighted by Gasteiger charge is 2.35. The molecule has 0 aliphatic rings. The average molecular weight is 650 g/mol. The Morgan fingerprint density at radius 3 is 2.11 bits per heavy atom. The molecule has 1 N–H and O–H groups in total. The fourth-order valence-corrected chi connectivity index (χ4v) is 6.64. The number of halogens is 2. The maximum Gasteiger partial charge on any atom is 0.264 e. The predicted octanol–water partition coefficient (Wildman–Crippen LogP) is 6.54. The minimum absolute atomic E-state index is 0.00702. The molecule has 4 aromatic rings. The van der Waals surface area contributed by atoms with Crippen LogP contribution in [0.25, 0.3) is 0 Å². The molecule has 4 aromatic carbocycles. The van der Waals surface area contributed by atoms with Gasteiger partial charge in [0, 0.05) is 24.0 Å². The van der Waals surface area contributed by atoms with Gasteiger partial charge in [-0.25, -0.2) is 12.8 Å². The van der Waals surface area contributed by atoms with Gasteiger partial charge in [-0.05, 0) is 79.4 Å². The summed E-state index contributed by atoms with van der Waals surface area (Å²) >= 11 is 6.20.